The Kier molecular flexibility index (Phi) is 4.08. The monoisotopic (exact) mass is 240 g/mol. The third kappa shape index (κ3) is 3.47. The lowest BCUT2D eigenvalue weighted by Crippen LogP contribution is -2.54. The Labute approximate surface area is 98.6 Å². The van der Waals surface area contributed by atoms with Crippen LogP contribution in [0.3, 0.4) is 0 Å². The molecule has 0 saturated heterocycles. The molecule has 1 atom stereocenters. The molecule has 4 N–H and O–H groups in total. The number of urea groups is 1. The summed E-state index contributed by atoms with van der Waals surface area (Å²) >= 11 is 0. The molecule has 0 aromatic carbocycles. The minimum absolute atomic E-state index is 0.220. The topological polar surface area (TPSA) is 107 Å². The van der Waals surface area contributed by atoms with E-state index < -0.39 is 17.5 Å². The number of carboxylic acid groups (broad SMARTS) is 1. The van der Waals surface area contributed by atoms with Gasteiger partial charge in [0, 0.05) is 12.4 Å². The van der Waals surface area contributed by atoms with Crippen LogP contribution in [0.5, 0.6) is 0 Å². The standard InChI is InChI=1S/C10H16N4O3/c1-3-10(2,8(15)16)14-9(17)13-6-7-11-4-5-12-7/h4-5H,3,6H2,1-2H3,(H,11,12)(H,15,16)(H2,13,14,17). The van der Waals surface area contributed by atoms with Gasteiger partial charge in [-0.2, -0.15) is 0 Å². The molecule has 7 heteroatoms. The second kappa shape index (κ2) is 5.33. The SMILES string of the molecule is CCC(C)(NC(=O)NCc1ncc[nH]1)C(=O)O. The van der Waals surface area contributed by atoms with Crippen LogP contribution >= 0.6 is 0 Å². The normalized spacial score (nSPS) is 13.8. The summed E-state index contributed by atoms with van der Waals surface area (Å²) in [5.74, 6) is -0.457. The van der Waals surface area contributed by atoms with Crippen molar-refractivity contribution in [1.29, 1.82) is 0 Å². The van der Waals surface area contributed by atoms with E-state index in [1.807, 2.05) is 0 Å². The molecule has 1 aromatic rings. The molecule has 17 heavy (non-hydrogen) atoms. The molecule has 1 aromatic heterocycles. The van der Waals surface area contributed by atoms with Gasteiger partial charge >= 0.3 is 12.0 Å². The maximum Gasteiger partial charge on any atom is 0.329 e. The molecular weight excluding hydrogens is 224 g/mol. The summed E-state index contributed by atoms with van der Waals surface area (Å²) in [5, 5.41) is 13.9. The summed E-state index contributed by atoms with van der Waals surface area (Å²) in [4.78, 5) is 29.2. The Morgan fingerprint density at radius 3 is 2.76 bits per heavy atom. The fourth-order valence-corrected chi connectivity index (χ4v) is 1.15. The summed E-state index contributed by atoms with van der Waals surface area (Å²) in [5.41, 5.74) is -1.26. The number of imidazole rings is 1. The van der Waals surface area contributed by atoms with Crippen LogP contribution in [-0.2, 0) is 11.3 Å². The van der Waals surface area contributed by atoms with Crippen molar-refractivity contribution in [3.8, 4) is 0 Å². The van der Waals surface area contributed by atoms with Gasteiger partial charge in [0.1, 0.15) is 11.4 Å². The van der Waals surface area contributed by atoms with Gasteiger partial charge in [-0.15, -0.1) is 0 Å². The van der Waals surface area contributed by atoms with E-state index in [0.29, 0.717) is 12.2 Å². The predicted octanol–water partition coefficient (Wildman–Crippen LogP) is 0.462. The van der Waals surface area contributed by atoms with Gasteiger partial charge in [0.2, 0.25) is 0 Å². The van der Waals surface area contributed by atoms with E-state index in [0.717, 1.165) is 0 Å². The third-order valence-electron chi connectivity index (χ3n) is 2.54. The molecule has 1 heterocycles. The number of carboxylic acids is 1. The number of amides is 2. The van der Waals surface area contributed by atoms with Crippen molar-refractivity contribution in [2.45, 2.75) is 32.4 Å². The quantitative estimate of drug-likeness (QED) is 0.599. The first-order valence-corrected chi connectivity index (χ1v) is 5.25. The molecular formula is C10H16N4O3. The number of nitrogens with one attached hydrogen (secondary N) is 3. The van der Waals surface area contributed by atoms with Crippen molar-refractivity contribution >= 4 is 12.0 Å². The molecule has 1 rings (SSSR count). The fraction of sp³-hybridized carbons (Fsp3) is 0.500. The molecule has 0 radical (unpaired) electrons. The van der Waals surface area contributed by atoms with Crippen molar-refractivity contribution in [3.63, 3.8) is 0 Å². The second-order valence-electron chi connectivity index (χ2n) is 3.83. The van der Waals surface area contributed by atoms with E-state index in [1.54, 1.807) is 19.3 Å². The Hall–Kier alpha value is -2.05. The van der Waals surface area contributed by atoms with Gasteiger partial charge in [-0.3, -0.25) is 0 Å². The number of carbonyl (C=O) groups excluding carboxylic acids is 1. The zero-order valence-corrected chi connectivity index (χ0v) is 9.78. The van der Waals surface area contributed by atoms with E-state index in [-0.39, 0.29) is 6.54 Å². The Morgan fingerprint density at radius 1 is 1.59 bits per heavy atom. The molecule has 0 aliphatic carbocycles. The van der Waals surface area contributed by atoms with Crippen LogP contribution in [0.4, 0.5) is 4.79 Å². The highest BCUT2D eigenvalue weighted by atomic mass is 16.4. The maximum atomic E-state index is 11.5. The van der Waals surface area contributed by atoms with Crippen LogP contribution < -0.4 is 10.6 Å². The number of hydrogen-bond donors (Lipinski definition) is 4. The predicted molar refractivity (Wildman–Crippen MR) is 60.3 cm³/mol. The highest BCUT2D eigenvalue weighted by Crippen LogP contribution is 2.08. The lowest BCUT2D eigenvalue weighted by Gasteiger charge is -2.24. The number of aromatic nitrogens is 2. The van der Waals surface area contributed by atoms with Crippen molar-refractivity contribution in [1.82, 2.24) is 20.6 Å². The highest BCUT2D eigenvalue weighted by molar-refractivity contribution is 5.85. The lowest BCUT2D eigenvalue weighted by molar-refractivity contribution is -0.143. The Bertz CT molecular complexity index is 390. The van der Waals surface area contributed by atoms with Gasteiger partial charge in [-0.25, -0.2) is 14.6 Å². The second-order valence-corrected chi connectivity index (χ2v) is 3.83. The molecule has 0 aliphatic rings. The zero-order valence-electron chi connectivity index (χ0n) is 9.78. The number of nitrogens with zero attached hydrogens (tertiary/aromatic N) is 1. The lowest BCUT2D eigenvalue weighted by atomic mass is 10.00. The van der Waals surface area contributed by atoms with Crippen LogP contribution in [0.2, 0.25) is 0 Å². The van der Waals surface area contributed by atoms with Crippen molar-refractivity contribution in [2.24, 2.45) is 0 Å². The number of aromatic amines is 1. The number of rotatable bonds is 5. The number of hydrogen-bond acceptors (Lipinski definition) is 3. The Balaban J connectivity index is 2.46. The van der Waals surface area contributed by atoms with E-state index in [2.05, 4.69) is 20.6 Å². The minimum Gasteiger partial charge on any atom is -0.480 e. The fourth-order valence-electron chi connectivity index (χ4n) is 1.15. The first-order chi connectivity index (χ1) is 7.98. The molecule has 0 fully saturated rings. The largest absolute Gasteiger partial charge is 0.480 e. The molecule has 2 amide bonds. The van der Waals surface area contributed by atoms with Crippen LogP contribution in [0.25, 0.3) is 0 Å². The van der Waals surface area contributed by atoms with Gasteiger partial charge in [-0.1, -0.05) is 6.92 Å². The van der Waals surface area contributed by atoms with E-state index in [1.165, 1.54) is 6.92 Å². The molecule has 0 saturated carbocycles. The van der Waals surface area contributed by atoms with Gasteiger partial charge in [0.15, 0.2) is 0 Å². The number of carbonyl (C=O) groups is 2. The molecule has 0 aliphatic heterocycles. The highest BCUT2D eigenvalue weighted by Gasteiger charge is 2.32. The summed E-state index contributed by atoms with van der Waals surface area (Å²) < 4.78 is 0. The summed E-state index contributed by atoms with van der Waals surface area (Å²) in [7, 11) is 0. The van der Waals surface area contributed by atoms with E-state index >= 15 is 0 Å². The van der Waals surface area contributed by atoms with Crippen LogP contribution in [0.15, 0.2) is 12.4 Å². The summed E-state index contributed by atoms with van der Waals surface area (Å²) in [6.45, 7) is 3.38. The average molecular weight is 240 g/mol. The summed E-state index contributed by atoms with van der Waals surface area (Å²) in [6, 6.07) is -0.534. The van der Waals surface area contributed by atoms with E-state index in [9.17, 15) is 9.59 Å². The Morgan fingerprint density at radius 2 is 2.29 bits per heavy atom. The molecule has 7 nitrogen and oxygen atoms in total. The van der Waals surface area contributed by atoms with Gasteiger partial charge in [-0.05, 0) is 13.3 Å². The van der Waals surface area contributed by atoms with Crippen molar-refractivity contribution < 1.29 is 14.7 Å². The van der Waals surface area contributed by atoms with Crippen LogP contribution in [0.1, 0.15) is 26.1 Å². The minimum atomic E-state index is -1.26. The maximum absolute atomic E-state index is 11.5. The number of aliphatic carboxylic acids is 1. The van der Waals surface area contributed by atoms with E-state index in [4.69, 9.17) is 5.11 Å². The van der Waals surface area contributed by atoms with Crippen LogP contribution in [-0.4, -0.2) is 32.6 Å². The molecule has 94 valence electrons. The first-order valence-electron chi connectivity index (χ1n) is 5.25. The van der Waals surface area contributed by atoms with Gasteiger partial charge < -0.3 is 20.7 Å². The first kappa shape index (κ1) is 13.0. The van der Waals surface area contributed by atoms with Gasteiger partial charge in [0.25, 0.3) is 0 Å². The zero-order chi connectivity index (χ0) is 12.9. The molecule has 0 bridgehead atoms. The number of H-pyrrole nitrogens is 1. The van der Waals surface area contributed by atoms with Crippen molar-refractivity contribution in [3.05, 3.63) is 18.2 Å². The van der Waals surface area contributed by atoms with Crippen molar-refractivity contribution in [2.75, 3.05) is 0 Å². The van der Waals surface area contributed by atoms with Gasteiger partial charge in [0.05, 0.1) is 6.54 Å². The molecule has 0 spiro atoms. The smallest absolute Gasteiger partial charge is 0.329 e. The molecule has 1 unspecified atom stereocenters. The third-order valence-corrected chi connectivity index (χ3v) is 2.54. The van der Waals surface area contributed by atoms with Crippen LogP contribution in [0, 0.1) is 0 Å². The average Bonchev–Trinajstić information content (AvgIpc) is 2.78. The summed E-state index contributed by atoms with van der Waals surface area (Å²) in [6.07, 6.45) is 3.52.